The highest BCUT2D eigenvalue weighted by Gasteiger charge is 2.13. The Hall–Kier alpha value is -2.89. The van der Waals surface area contributed by atoms with Crippen LogP contribution in [0.1, 0.15) is 38.5 Å². The first-order valence-corrected chi connectivity index (χ1v) is 9.87. The molecule has 0 fully saturated rings. The van der Waals surface area contributed by atoms with Crippen molar-refractivity contribution in [2.45, 2.75) is 45.1 Å². The maximum atomic E-state index is 13.8. The number of rotatable bonds is 6. The predicted octanol–water partition coefficient (Wildman–Crippen LogP) is 3.79. The topological polar surface area (TPSA) is 55.5 Å². The molecule has 28 heavy (non-hydrogen) atoms. The minimum absolute atomic E-state index is 0.0943. The van der Waals surface area contributed by atoms with Crippen molar-refractivity contribution in [2.75, 3.05) is 6.54 Å². The molecule has 0 radical (unpaired) electrons. The molecule has 1 aromatic carbocycles. The molecule has 0 unspecified atom stereocenters. The van der Waals surface area contributed by atoms with Gasteiger partial charge in [-0.3, -0.25) is 9.59 Å². The Balaban J connectivity index is 1.48. The highest BCUT2D eigenvalue weighted by Crippen LogP contribution is 2.19. The second-order valence-corrected chi connectivity index (χ2v) is 7.31. The van der Waals surface area contributed by atoms with E-state index in [9.17, 15) is 14.0 Å². The van der Waals surface area contributed by atoms with Crippen molar-refractivity contribution < 1.29 is 9.18 Å². The fourth-order valence-electron chi connectivity index (χ4n) is 3.95. The van der Waals surface area contributed by atoms with Gasteiger partial charge >= 0.3 is 0 Å². The van der Waals surface area contributed by atoms with E-state index in [4.69, 9.17) is 0 Å². The van der Waals surface area contributed by atoms with Crippen molar-refractivity contribution in [2.24, 2.45) is 0 Å². The molecule has 2 aromatic heterocycles. The van der Waals surface area contributed by atoms with Gasteiger partial charge in [0.1, 0.15) is 11.3 Å². The van der Waals surface area contributed by atoms with E-state index in [2.05, 4.69) is 11.4 Å². The van der Waals surface area contributed by atoms with Gasteiger partial charge in [0.25, 0.3) is 5.56 Å². The molecule has 5 nitrogen and oxygen atoms in total. The average Bonchev–Trinajstić information content (AvgIpc) is 3.19. The van der Waals surface area contributed by atoms with E-state index in [1.165, 1.54) is 35.1 Å². The number of fused-ring (bicyclic) bond motifs is 3. The molecule has 0 spiro atoms. The van der Waals surface area contributed by atoms with E-state index in [-0.39, 0.29) is 24.4 Å². The number of aromatic nitrogens is 2. The molecule has 0 aliphatic heterocycles. The third kappa shape index (κ3) is 3.72. The van der Waals surface area contributed by atoms with Crippen LogP contribution in [0.5, 0.6) is 0 Å². The van der Waals surface area contributed by atoms with Crippen molar-refractivity contribution in [3.05, 3.63) is 64.3 Å². The van der Waals surface area contributed by atoms with Crippen LogP contribution >= 0.6 is 0 Å². The smallest absolute Gasteiger partial charge is 0.275 e. The molecule has 3 aromatic rings. The van der Waals surface area contributed by atoms with E-state index in [0.29, 0.717) is 17.6 Å². The number of nitrogens with one attached hydrogen (secondary N) is 1. The Labute approximate surface area is 162 Å². The first-order valence-electron chi connectivity index (χ1n) is 9.87. The molecule has 6 heteroatoms. The van der Waals surface area contributed by atoms with Crippen LogP contribution in [0.25, 0.3) is 16.6 Å². The third-order valence-corrected chi connectivity index (χ3v) is 5.42. The summed E-state index contributed by atoms with van der Waals surface area (Å²) in [5, 5.41) is 2.94. The lowest BCUT2D eigenvalue weighted by atomic mass is 9.97. The van der Waals surface area contributed by atoms with Gasteiger partial charge in [0.15, 0.2) is 0 Å². The van der Waals surface area contributed by atoms with Crippen molar-refractivity contribution >= 4 is 22.5 Å². The van der Waals surface area contributed by atoms with E-state index in [1.54, 1.807) is 28.8 Å². The van der Waals surface area contributed by atoms with Gasteiger partial charge in [-0.25, -0.2) is 4.39 Å². The average molecular weight is 381 g/mol. The lowest BCUT2D eigenvalue weighted by molar-refractivity contribution is -0.121. The molecule has 1 aliphatic carbocycles. The summed E-state index contributed by atoms with van der Waals surface area (Å²) in [7, 11) is 0. The number of nitrogens with zero attached hydrogens (tertiary/aromatic N) is 2. The Morgan fingerprint density at radius 3 is 2.86 bits per heavy atom. The molecule has 1 aliphatic rings. The molecular formula is C22H24FN3O2. The second-order valence-electron chi connectivity index (χ2n) is 7.31. The monoisotopic (exact) mass is 381 g/mol. The number of benzene rings is 1. The van der Waals surface area contributed by atoms with Crippen molar-refractivity contribution in [1.82, 2.24) is 14.3 Å². The summed E-state index contributed by atoms with van der Waals surface area (Å²) in [5.74, 6) is -0.500. The first-order chi connectivity index (χ1) is 13.6. The zero-order valence-electron chi connectivity index (χ0n) is 15.8. The lowest BCUT2D eigenvalue weighted by Gasteiger charge is -2.14. The van der Waals surface area contributed by atoms with Crippen LogP contribution in [0, 0.1) is 5.82 Å². The fourth-order valence-corrected chi connectivity index (χ4v) is 3.95. The third-order valence-electron chi connectivity index (χ3n) is 5.42. The second kappa shape index (κ2) is 8.00. The maximum absolute atomic E-state index is 13.8. The van der Waals surface area contributed by atoms with Gasteiger partial charge < -0.3 is 14.3 Å². The van der Waals surface area contributed by atoms with Gasteiger partial charge in [0, 0.05) is 25.7 Å². The van der Waals surface area contributed by atoms with Gasteiger partial charge in [-0.15, -0.1) is 0 Å². The molecule has 0 saturated carbocycles. The number of amides is 1. The van der Waals surface area contributed by atoms with Crippen LogP contribution in [0.3, 0.4) is 0 Å². The van der Waals surface area contributed by atoms with Crippen molar-refractivity contribution in [3.63, 3.8) is 0 Å². The Morgan fingerprint density at radius 1 is 1.14 bits per heavy atom. The minimum Gasteiger partial charge on any atom is -0.356 e. The first kappa shape index (κ1) is 18.5. The van der Waals surface area contributed by atoms with Crippen LogP contribution < -0.4 is 10.9 Å². The fraction of sp³-hybridized carbons (Fsp3) is 0.364. The molecule has 0 saturated heterocycles. The van der Waals surface area contributed by atoms with E-state index >= 15 is 0 Å². The van der Waals surface area contributed by atoms with E-state index < -0.39 is 5.82 Å². The Morgan fingerprint density at radius 2 is 2.04 bits per heavy atom. The zero-order valence-corrected chi connectivity index (χ0v) is 15.8. The molecule has 1 amide bonds. The van der Waals surface area contributed by atoms with Crippen molar-refractivity contribution in [3.8, 4) is 0 Å². The van der Waals surface area contributed by atoms with Crippen LogP contribution in [0.15, 0.2) is 53.0 Å². The van der Waals surface area contributed by atoms with Gasteiger partial charge in [-0.05, 0) is 62.4 Å². The van der Waals surface area contributed by atoms with Gasteiger partial charge in [0.2, 0.25) is 5.91 Å². The highest BCUT2D eigenvalue weighted by atomic mass is 19.1. The zero-order chi connectivity index (χ0) is 19.5. The molecule has 4 rings (SSSR count). The summed E-state index contributed by atoms with van der Waals surface area (Å²) in [4.78, 5) is 25.1. The lowest BCUT2D eigenvalue weighted by Crippen LogP contribution is -2.29. The van der Waals surface area contributed by atoms with Gasteiger partial charge in [-0.2, -0.15) is 0 Å². The predicted molar refractivity (Wildman–Crippen MR) is 108 cm³/mol. The van der Waals surface area contributed by atoms with E-state index in [0.717, 1.165) is 24.8 Å². The number of allylic oxidation sites excluding steroid dienone is 1. The van der Waals surface area contributed by atoms with Crippen LogP contribution in [-0.4, -0.2) is 21.4 Å². The number of carbonyl (C=O) groups excluding carboxylic acids is 1. The molecule has 0 bridgehead atoms. The Bertz CT molecular complexity index is 1110. The number of hydrogen-bond acceptors (Lipinski definition) is 2. The van der Waals surface area contributed by atoms with Crippen LogP contribution in [-0.2, 0) is 11.3 Å². The maximum Gasteiger partial charge on any atom is 0.275 e. The number of halogens is 1. The van der Waals surface area contributed by atoms with Gasteiger partial charge in [0.05, 0.1) is 11.0 Å². The highest BCUT2D eigenvalue weighted by molar-refractivity contribution is 5.80. The number of hydrogen-bond donors (Lipinski definition) is 1. The summed E-state index contributed by atoms with van der Waals surface area (Å²) in [5.41, 5.74) is 2.95. The summed E-state index contributed by atoms with van der Waals surface area (Å²) in [6, 6.07) is 7.91. The van der Waals surface area contributed by atoms with Crippen molar-refractivity contribution in [1.29, 1.82) is 0 Å². The molecule has 146 valence electrons. The summed E-state index contributed by atoms with van der Waals surface area (Å²) >= 11 is 0. The minimum atomic E-state index is -0.405. The SMILES string of the molecule is O=C(CCn1c(=O)c2cccn2c2ccc(F)cc21)NCCC1=CCCCC1. The number of carbonyl (C=O) groups is 1. The van der Waals surface area contributed by atoms with Crippen LogP contribution in [0.4, 0.5) is 4.39 Å². The summed E-state index contributed by atoms with van der Waals surface area (Å²) in [6.07, 6.45) is 9.88. The quantitative estimate of drug-likeness (QED) is 0.661. The molecule has 1 N–H and O–H groups in total. The number of aryl methyl sites for hydroxylation is 1. The van der Waals surface area contributed by atoms with E-state index in [1.807, 2.05) is 0 Å². The largest absolute Gasteiger partial charge is 0.356 e. The summed E-state index contributed by atoms with van der Waals surface area (Å²) < 4.78 is 17.1. The standard InChI is InChI=1S/C22H24FN3O2/c23-17-8-9-18-20(15-17)26(22(28)19-7-4-13-25(18)19)14-11-21(27)24-12-10-16-5-2-1-3-6-16/h4-5,7-9,13,15H,1-3,6,10-12,14H2,(H,24,27). The molecule has 2 heterocycles. The Kier molecular flexibility index (Phi) is 5.28. The van der Waals surface area contributed by atoms with Gasteiger partial charge in [-0.1, -0.05) is 11.6 Å². The normalized spacial score (nSPS) is 14.4. The van der Waals surface area contributed by atoms with Crippen LogP contribution in [0.2, 0.25) is 0 Å². The molecule has 0 atom stereocenters. The molecular weight excluding hydrogens is 357 g/mol. The summed E-state index contributed by atoms with van der Waals surface area (Å²) in [6.45, 7) is 0.835.